The first-order valence-electron chi connectivity index (χ1n) is 7.46. The van der Waals surface area contributed by atoms with E-state index < -0.39 is 6.09 Å². The summed E-state index contributed by atoms with van der Waals surface area (Å²) in [7, 11) is 0. The van der Waals surface area contributed by atoms with Crippen LogP contribution in [0.4, 0.5) is 4.79 Å². The lowest BCUT2D eigenvalue weighted by atomic mass is 10.0. The van der Waals surface area contributed by atoms with Crippen LogP contribution in [0, 0.1) is 0 Å². The van der Waals surface area contributed by atoms with E-state index >= 15 is 0 Å². The summed E-state index contributed by atoms with van der Waals surface area (Å²) >= 11 is 5.68. The average Bonchev–Trinajstić information content (AvgIpc) is 2.54. The van der Waals surface area contributed by atoms with Gasteiger partial charge in [-0.2, -0.15) is 0 Å². The van der Waals surface area contributed by atoms with Crippen LogP contribution >= 0.6 is 11.6 Å². The Morgan fingerprint density at radius 2 is 2.05 bits per heavy atom. The number of carbonyl (C=O) groups is 2. The van der Waals surface area contributed by atoms with Gasteiger partial charge >= 0.3 is 6.09 Å². The van der Waals surface area contributed by atoms with Gasteiger partial charge in [-0.1, -0.05) is 36.8 Å². The van der Waals surface area contributed by atoms with Gasteiger partial charge in [-0.25, -0.2) is 4.79 Å². The van der Waals surface area contributed by atoms with Crippen molar-refractivity contribution in [2.45, 2.75) is 38.3 Å². The summed E-state index contributed by atoms with van der Waals surface area (Å²) in [5.41, 5.74) is 0.937. The van der Waals surface area contributed by atoms with Crippen LogP contribution in [0.1, 0.15) is 31.2 Å². The molecule has 0 fully saturated rings. The standard InChI is InChI=1S/C17H20ClNO3/c18-10-5-4-8-15-12-16(20)9-11-19(15)17(21)22-13-14-6-2-1-3-7-14/h1-3,6-7,9,11,15H,4-5,8,10,12-13H2. The van der Waals surface area contributed by atoms with Gasteiger partial charge in [0, 0.05) is 24.5 Å². The lowest BCUT2D eigenvalue weighted by Crippen LogP contribution is -2.40. The Morgan fingerprint density at radius 3 is 2.77 bits per heavy atom. The summed E-state index contributed by atoms with van der Waals surface area (Å²) in [6.07, 6.45) is 5.42. The molecule has 1 atom stereocenters. The molecular formula is C17H20ClNO3. The predicted octanol–water partition coefficient (Wildman–Crippen LogP) is 3.89. The molecule has 1 aromatic carbocycles. The topological polar surface area (TPSA) is 46.6 Å². The molecule has 1 aliphatic heterocycles. The molecule has 5 heteroatoms. The molecule has 0 bridgehead atoms. The van der Waals surface area contributed by atoms with Gasteiger partial charge in [0.2, 0.25) is 0 Å². The smallest absolute Gasteiger partial charge is 0.414 e. The van der Waals surface area contributed by atoms with E-state index in [0.29, 0.717) is 12.3 Å². The van der Waals surface area contributed by atoms with Crippen LogP contribution in [0.25, 0.3) is 0 Å². The van der Waals surface area contributed by atoms with Crippen LogP contribution in [0.2, 0.25) is 0 Å². The zero-order chi connectivity index (χ0) is 15.8. The quantitative estimate of drug-likeness (QED) is 0.590. The number of amides is 1. The number of ketones is 1. The van der Waals surface area contributed by atoms with Crippen LogP contribution in [0.15, 0.2) is 42.6 Å². The number of benzene rings is 1. The fraction of sp³-hybridized carbons (Fsp3) is 0.412. The normalized spacial score (nSPS) is 17.6. The van der Waals surface area contributed by atoms with Gasteiger partial charge in [0.15, 0.2) is 5.78 Å². The largest absolute Gasteiger partial charge is 0.444 e. The lowest BCUT2D eigenvalue weighted by Gasteiger charge is -2.30. The maximum absolute atomic E-state index is 12.2. The van der Waals surface area contributed by atoms with Gasteiger partial charge in [0.1, 0.15) is 6.61 Å². The lowest BCUT2D eigenvalue weighted by molar-refractivity contribution is -0.116. The highest BCUT2D eigenvalue weighted by molar-refractivity contribution is 6.17. The van der Waals surface area contributed by atoms with E-state index in [4.69, 9.17) is 16.3 Å². The Hall–Kier alpha value is -1.81. The molecule has 118 valence electrons. The van der Waals surface area contributed by atoms with Gasteiger partial charge in [0.05, 0.1) is 0 Å². The highest BCUT2D eigenvalue weighted by Gasteiger charge is 2.27. The fourth-order valence-electron chi connectivity index (χ4n) is 2.40. The van der Waals surface area contributed by atoms with Crippen molar-refractivity contribution >= 4 is 23.5 Å². The number of nitrogens with zero attached hydrogens (tertiary/aromatic N) is 1. The van der Waals surface area contributed by atoms with Crippen molar-refractivity contribution in [2.75, 3.05) is 5.88 Å². The van der Waals surface area contributed by atoms with Gasteiger partial charge in [-0.15, -0.1) is 11.6 Å². The van der Waals surface area contributed by atoms with E-state index in [2.05, 4.69) is 0 Å². The van der Waals surface area contributed by atoms with Crippen molar-refractivity contribution < 1.29 is 14.3 Å². The summed E-state index contributed by atoms with van der Waals surface area (Å²) in [4.78, 5) is 25.3. The van der Waals surface area contributed by atoms with E-state index in [1.165, 1.54) is 17.2 Å². The minimum absolute atomic E-state index is 0.0444. The number of hydrogen-bond donors (Lipinski definition) is 0. The zero-order valence-electron chi connectivity index (χ0n) is 12.4. The molecule has 0 aliphatic carbocycles. The average molecular weight is 322 g/mol. The molecule has 0 aromatic heterocycles. The van der Waals surface area contributed by atoms with E-state index in [9.17, 15) is 9.59 Å². The summed E-state index contributed by atoms with van der Waals surface area (Å²) in [6.45, 7) is 0.229. The SMILES string of the molecule is O=C1C=CN(C(=O)OCc2ccccc2)C(CCCCCl)C1. The number of unbranched alkanes of at least 4 members (excludes halogenated alkanes) is 1. The predicted molar refractivity (Wildman–Crippen MR) is 85.6 cm³/mol. The Morgan fingerprint density at radius 1 is 1.27 bits per heavy atom. The van der Waals surface area contributed by atoms with Crippen molar-refractivity contribution in [2.24, 2.45) is 0 Å². The van der Waals surface area contributed by atoms with Crippen LogP contribution < -0.4 is 0 Å². The third kappa shape index (κ3) is 4.88. The Balaban J connectivity index is 1.92. The van der Waals surface area contributed by atoms with E-state index in [1.54, 1.807) is 0 Å². The number of allylic oxidation sites excluding steroid dienone is 1. The van der Waals surface area contributed by atoms with Crippen molar-refractivity contribution in [3.05, 3.63) is 48.2 Å². The number of carbonyl (C=O) groups excluding carboxylic acids is 2. The molecule has 4 nitrogen and oxygen atoms in total. The molecule has 2 rings (SSSR count). The first-order chi connectivity index (χ1) is 10.7. The van der Waals surface area contributed by atoms with Crippen molar-refractivity contribution in [1.82, 2.24) is 4.90 Å². The van der Waals surface area contributed by atoms with Crippen LogP contribution in [0.5, 0.6) is 0 Å². The van der Waals surface area contributed by atoms with E-state index in [0.717, 1.165) is 24.8 Å². The maximum Gasteiger partial charge on any atom is 0.414 e. The first-order valence-corrected chi connectivity index (χ1v) is 8.00. The summed E-state index contributed by atoms with van der Waals surface area (Å²) < 4.78 is 5.34. The van der Waals surface area contributed by atoms with Gasteiger partial charge < -0.3 is 4.74 Å². The number of rotatable bonds is 6. The monoisotopic (exact) mass is 321 g/mol. The molecule has 0 saturated carbocycles. The van der Waals surface area contributed by atoms with Crippen LogP contribution in [-0.4, -0.2) is 28.7 Å². The van der Waals surface area contributed by atoms with Crippen molar-refractivity contribution in [1.29, 1.82) is 0 Å². The van der Waals surface area contributed by atoms with Crippen molar-refractivity contribution in [3.63, 3.8) is 0 Å². The van der Waals surface area contributed by atoms with E-state index in [-0.39, 0.29) is 18.4 Å². The van der Waals surface area contributed by atoms with Crippen LogP contribution in [0.3, 0.4) is 0 Å². The van der Waals surface area contributed by atoms with Gasteiger partial charge in [0.25, 0.3) is 0 Å². The minimum Gasteiger partial charge on any atom is -0.444 e. The second kappa shape index (κ2) is 8.59. The molecule has 0 N–H and O–H groups in total. The highest BCUT2D eigenvalue weighted by atomic mass is 35.5. The summed E-state index contributed by atoms with van der Waals surface area (Å²) in [5.74, 6) is 0.637. The number of ether oxygens (including phenoxy) is 1. The fourth-order valence-corrected chi connectivity index (χ4v) is 2.59. The van der Waals surface area contributed by atoms with Gasteiger partial charge in [-0.3, -0.25) is 9.69 Å². The Labute approximate surface area is 135 Å². The molecule has 0 spiro atoms. The number of halogens is 1. The molecule has 22 heavy (non-hydrogen) atoms. The Kier molecular flexibility index (Phi) is 6.46. The van der Waals surface area contributed by atoms with E-state index in [1.807, 2.05) is 30.3 Å². The van der Waals surface area contributed by atoms with Gasteiger partial charge in [-0.05, 0) is 24.5 Å². The zero-order valence-corrected chi connectivity index (χ0v) is 13.2. The van der Waals surface area contributed by atoms with Crippen molar-refractivity contribution in [3.8, 4) is 0 Å². The molecule has 1 heterocycles. The molecule has 0 saturated heterocycles. The minimum atomic E-state index is -0.413. The molecule has 1 amide bonds. The maximum atomic E-state index is 12.2. The first kappa shape index (κ1) is 16.6. The number of hydrogen-bond acceptors (Lipinski definition) is 3. The molecule has 1 aliphatic rings. The van der Waals surface area contributed by atoms with Crippen LogP contribution in [-0.2, 0) is 16.1 Å². The molecular weight excluding hydrogens is 302 g/mol. The second-order valence-corrected chi connectivity index (χ2v) is 5.65. The molecule has 1 unspecified atom stereocenters. The molecule has 0 radical (unpaired) electrons. The highest BCUT2D eigenvalue weighted by Crippen LogP contribution is 2.20. The summed E-state index contributed by atoms with van der Waals surface area (Å²) in [6, 6.07) is 9.39. The molecule has 1 aromatic rings. The third-order valence-corrected chi connectivity index (χ3v) is 3.86. The summed E-state index contributed by atoms with van der Waals surface area (Å²) in [5, 5.41) is 0. The number of alkyl halides is 1. The Bertz CT molecular complexity index is 530. The second-order valence-electron chi connectivity index (χ2n) is 5.27. The third-order valence-electron chi connectivity index (χ3n) is 3.59.